The molecule has 0 aromatic heterocycles. The zero-order valence-corrected chi connectivity index (χ0v) is 13.3. The van der Waals surface area contributed by atoms with E-state index in [2.05, 4.69) is 16.6 Å². The van der Waals surface area contributed by atoms with E-state index in [0.29, 0.717) is 17.0 Å². The molecule has 2 N–H and O–H groups in total. The molecule has 0 fully saturated rings. The maximum absolute atomic E-state index is 12.3. The van der Waals surface area contributed by atoms with Crippen molar-refractivity contribution in [2.75, 3.05) is 19.0 Å². The summed E-state index contributed by atoms with van der Waals surface area (Å²) in [6.45, 7) is 0.127. The molecular weight excluding hydrogens is 304 g/mol. The van der Waals surface area contributed by atoms with E-state index in [4.69, 9.17) is 11.2 Å². The molecule has 0 saturated carbocycles. The van der Waals surface area contributed by atoms with Crippen molar-refractivity contribution in [3.63, 3.8) is 0 Å². The van der Waals surface area contributed by atoms with Gasteiger partial charge < -0.3 is 15.4 Å². The molecule has 2 aromatic rings. The number of hydrogen-bond acceptors (Lipinski definition) is 3. The molecule has 5 heteroatoms. The number of nitrogens with one attached hydrogen (secondary N) is 2. The van der Waals surface area contributed by atoms with Gasteiger partial charge in [0.15, 0.2) is 0 Å². The summed E-state index contributed by atoms with van der Waals surface area (Å²) in [5, 5.41) is 5.34. The van der Waals surface area contributed by atoms with Gasteiger partial charge in [-0.05, 0) is 18.2 Å². The van der Waals surface area contributed by atoms with Gasteiger partial charge in [-0.15, -0.1) is 6.42 Å². The van der Waals surface area contributed by atoms with Crippen molar-refractivity contribution in [2.24, 2.45) is 0 Å². The second-order valence-corrected chi connectivity index (χ2v) is 4.97. The minimum absolute atomic E-state index is 0.127. The van der Waals surface area contributed by atoms with Crippen LogP contribution in [-0.2, 0) is 11.2 Å². The van der Waals surface area contributed by atoms with Crippen molar-refractivity contribution in [3.8, 4) is 18.1 Å². The fourth-order valence-electron chi connectivity index (χ4n) is 2.23. The molecule has 0 bridgehead atoms. The Morgan fingerprint density at radius 1 is 1.12 bits per heavy atom. The third-order valence-corrected chi connectivity index (χ3v) is 3.34. The summed E-state index contributed by atoms with van der Waals surface area (Å²) >= 11 is 0. The maximum atomic E-state index is 12.3. The van der Waals surface area contributed by atoms with E-state index in [9.17, 15) is 9.59 Å². The van der Waals surface area contributed by atoms with E-state index >= 15 is 0 Å². The van der Waals surface area contributed by atoms with Gasteiger partial charge in [-0.1, -0.05) is 36.3 Å². The number of terminal acetylenes is 1. The predicted octanol–water partition coefficient (Wildman–Crippen LogP) is 2.24. The molecule has 0 radical (unpaired) electrons. The van der Waals surface area contributed by atoms with Crippen LogP contribution in [0.1, 0.15) is 15.9 Å². The van der Waals surface area contributed by atoms with Crippen molar-refractivity contribution < 1.29 is 14.3 Å². The Balaban J connectivity index is 2.12. The molecule has 0 heterocycles. The van der Waals surface area contributed by atoms with Crippen molar-refractivity contribution in [3.05, 3.63) is 59.7 Å². The van der Waals surface area contributed by atoms with Crippen LogP contribution in [0.25, 0.3) is 0 Å². The van der Waals surface area contributed by atoms with E-state index < -0.39 is 0 Å². The smallest absolute Gasteiger partial charge is 0.254 e. The lowest BCUT2D eigenvalue weighted by Crippen LogP contribution is -2.25. The van der Waals surface area contributed by atoms with E-state index in [1.807, 2.05) is 18.2 Å². The van der Waals surface area contributed by atoms with Gasteiger partial charge in [-0.25, -0.2) is 0 Å². The summed E-state index contributed by atoms with van der Waals surface area (Å²) in [6, 6.07) is 14.1. The van der Waals surface area contributed by atoms with Crippen LogP contribution in [0.15, 0.2) is 48.5 Å². The molecular formula is C19H18N2O3. The summed E-state index contributed by atoms with van der Waals surface area (Å²) in [6.07, 6.45) is 5.28. The van der Waals surface area contributed by atoms with E-state index in [1.54, 1.807) is 37.4 Å². The first-order chi connectivity index (χ1) is 11.7. The van der Waals surface area contributed by atoms with Gasteiger partial charge in [0.05, 0.1) is 31.3 Å². The van der Waals surface area contributed by atoms with E-state index in [1.165, 1.54) is 0 Å². The molecule has 0 aliphatic rings. The number of rotatable bonds is 6. The van der Waals surface area contributed by atoms with Crippen LogP contribution >= 0.6 is 0 Å². The monoisotopic (exact) mass is 322 g/mol. The number of amides is 2. The standard InChI is InChI=1S/C19H18N2O3/c1-3-12-20-19(23)15-9-5-6-10-16(15)21-18(22)13-14-8-4-7-11-17(14)24-2/h1,4-11H,12-13H2,2H3,(H,20,23)(H,21,22). The largest absolute Gasteiger partial charge is 0.496 e. The summed E-state index contributed by atoms with van der Waals surface area (Å²) in [4.78, 5) is 24.4. The molecule has 0 atom stereocenters. The molecule has 0 aliphatic carbocycles. The highest BCUT2D eigenvalue weighted by molar-refractivity contribution is 6.04. The molecule has 2 aromatic carbocycles. The normalized spacial score (nSPS) is 9.67. The Morgan fingerprint density at radius 2 is 1.83 bits per heavy atom. The lowest BCUT2D eigenvalue weighted by Gasteiger charge is -2.12. The summed E-state index contributed by atoms with van der Waals surface area (Å²) in [5.74, 6) is 2.42. The van der Waals surface area contributed by atoms with Crippen LogP contribution in [0.2, 0.25) is 0 Å². The first-order valence-corrected chi connectivity index (χ1v) is 7.38. The lowest BCUT2D eigenvalue weighted by atomic mass is 10.1. The minimum atomic E-state index is -0.332. The quantitative estimate of drug-likeness (QED) is 0.802. The van der Waals surface area contributed by atoms with Gasteiger partial charge in [0.2, 0.25) is 5.91 Å². The van der Waals surface area contributed by atoms with Crippen molar-refractivity contribution >= 4 is 17.5 Å². The molecule has 122 valence electrons. The third-order valence-electron chi connectivity index (χ3n) is 3.34. The Hall–Kier alpha value is -3.26. The van der Waals surface area contributed by atoms with Crippen LogP contribution in [0.5, 0.6) is 5.75 Å². The molecule has 5 nitrogen and oxygen atoms in total. The Labute approximate surface area is 141 Å². The lowest BCUT2D eigenvalue weighted by molar-refractivity contribution is -0.115. The van der Waals surface area contributed by atoms with E-state index in [0.717, 1.165) is 5.56 Å². The predicted molar refractivity (Wildman–Crippen MR) is 92.9 cm³/mol. The van der Waals surface area contributed by atoms with Crippen LogP contribution in [0.4, 0.5) is 5.69 Å². The summed E-state index contributed by atoms with van der Waals surface area (Å²) in [5.41, 5.74) is 1.57. The zero-order chi connectivity index (χ0) is 17.4. The first kappa shape index (κ1) is 17.1. The second-order valence-electron chi connectivity index (χ2n) is 4.97. The number of para-hydroxylation sites is 2. The molecule has 0 saturated heterocycles. The fraction of sp³-hybridized carbons (Fsp3) is 0.158. The van der Waals surface area contributed by atoms with Gasteiger partial charge in [0.25, 0.3) is 5.91 Å². The van der Waals surface area contributed by atoms with Crippen LogP contribution in [0, 0.1) is 12.3 Å². The number of hydrogen-bond donors (Lipinski definition) is 2. The van der Waals surface area contributed by atoms with Crippen LogP contribution < -0.4 is 15.4 Å². The topological polar surface area (TPSA) is 67.4 Å². The first-order valence-electron chi connectivity index (χ1n) is 7.38. The van der Waals surface area contributed by atoms with Crippen LogP contribution in [-0.4, -0.2) is 25.5 Å². The molecule has 0 unspecified atom stereocenters. The zero-order valence-electron chi connectivity index (χ0n) is 13.3. The summed E-state index contributed by atoms with van der Waals surface area (Å²) < 4.78 is 5.24. The van der Waals surface area contributed by atoms with Gasteiger partial charge in [-0.2, -0.15) is 0 Å². The van der Waals surface area contributed by atoms with Gasteiger partial charge >= 0.3 is 0 Å². The van der Waals surface area contributed by atoms with E-state index in [-0.39, 0.29) is 24.8 Å². The van der Waals surface area contributed by atoms with Gasteiger partial charge in [-0.3, -0.25) is 9.59 Å². The SMILES string of the molecule is C#CCNC(=O)c1ccccc1NC(=O)Cc1ccccc1OC. The Morgan fingerprint density at radius 3 is 2.58 bits per heavy atom. The fourth-order valence-corrected chi connectivity index (χ4v) is 2.23. The number of ether oxygens (including phenoxy) is 1. The maximum Gasteiger partial charge on any atom is 0.254 e. The molecule has 24 heavy (non-hydrogen) atoms. The highest BCUT2D eigenvalue weighted by Gasteiger charge is 2.14. The summed E-state index contributed by atoms with van der Waals surface area (Å²) in [7, 11) is 1.56. The van der Waals surface area contributed by atoms with Crippen molar-refractivity contribution in [2.45, 2.75) is 6.42 Å². The highest BCUT2D eigenvalue weighted by Crippen LogP contribution is 2.19. The number of benzene rings is 2. The van der Waals surface area contributed by atoms with Crippen molar-refractivity contribution in [1.29, 1.82) is 0 Å². The Kier molecular flexibility index (Phi) is 5.98. The highest BCUT2D eigenvalue weighted by atomic mass is 16.5. The third kappa shape index (κ3) is 4.37. The van der Waals surface area contributed by atoms with Crippen molar-refractivity contribution in [1.82, 2.24) is 5.32 Å². The minimum Gasteiger partial charge on any atom is -0.496 e. The molecule has 0 spiro atoms. The van der Waals surface area contributed by atoms with Gasteiger partial charge in [0.1, 0.15) is 5.75 Å². The Bertz CT molecular complexity index is 778. The molecule has 0 aliphatic heterocycles. The average Bonchev–Trinajstić information content (AvgIpc) is 2.60. The van der Waals surface area contributed by atoms with Crippen LogP contribution in [0.3, 0.4) is 0 Å². The number of methoxy groups -OCH3 is 1. The van der Waals surface area contributed by atoms with Gasteiger partial charge in [0, 0.05) is 5.56 Å². The number of carbonyl (C=O) groups is 2. The second kappa shape index (κ2) is 8.39. The molecule has 2 amide bonds. The average molecular weight is 322 g/mol. The number of anilines is 1. The number of carbonyl (C=O) groups excluding carboxylic acids is 2. The molecule has 2 rings (SSSR count).